The second-order valence-corrected chi connectivity index (χ2v) is 8.19. The summed E-state index contributed by atoms with van der Waals surface area (Å²) in [5.74, 6) is 0. The number of aromatic nitrogens is 2. The smallest absolute Gasteiger partial charge is 0.414 e. The van der Waals surface area contributed by atoms with Gasteiger partial charge in [-0.3, -0.25) is 9.80 Å². The van der Waals surface area contributed by atoms with Crippen molar-refractivity contribution in [3.63, 3.8) is 0 Å². The van der Waals surface area contributed by atoms with Gasteiger partial charge in [0.15, 0.2) is 4.77 Å². The second kappa shape index (κ2) is 7.65. The van der Waals surface area contributed by atoms with Gasteiger partial charge in [-0.05, 0) is 49.3 Å². The van der Waals surface area contributed by atoms with Crippen LogP contribution in [0.15, 0.2) is 54.6 Å². The maximum atomic E-state index is 12.3. The Morgan fingerprint density at radius 3 is 2.55 bits per heavy atom. The van der Waals surface area contributed by atoms with E-state index in [9.17, 15) is 4.79 Å². The molecule has 29 heavy (non-hydrogen) atoms. The maximum absolute atomic E-state index is 12.3. The van der Waals surface area contributed by atoms with E-state index in [1.807, 2.05) is 36.4 Å². The number of benzene rings is 2. The van der Waals surface area contributed by atoms with Crippen LogP contribution in [0.5, 0.6) is 0 Å². The zero-order chi connectivity index (χ0) is 19.8. The lowest BCUT2D eigenvalue weighted by Gasteiger charge is -2.33. The molecule has 6 nitrogen and oxygen atoms in total. The van der Waals surface area contributed by atoms with E-state index < -0.39 is 0 Å². The molecule has 2 saturated heterocycles. The number of nitrogens with zero attached hydrogens (tertiary/aromatic N) is 3. The van der Waals surface area contributed by atoms with Gasteiger partial charge >= 0.3 is 6.09 Å². The lowest BCUT2D eigenvalue weighted by atomic mass is 10.0. The fraction of sp³-hybridized carbons (Fsp3) is 0.364. The molecule has 0 radical (unpaired) electrons. The average Bonchev–Trinajstić information content (AvgIpc) is 3.28. The SMILES string of the molecule is O=C1OC(CN2CCC(n3c(=S)[nH]c4ccccc43)CC2)CN1c1ccccc1. The number of imidazole rings is 1. The molecule has 2 aliphatic rings. The van der Waals surface area contributed by atoms with Gasteiger partial charge < -0.3 is 14.3 Å². The van der Waals surface area contributed by atoms with Crippen LogP contribution in [0.25, 0.3) is 11.0 Å². The van der Waals surface area contributed by atoms with Gasteiger partial charge in [0.2, 0.25) is 0 Å². The van der Waals surface area contributed by atoms with Crippen LogP contribution in [0.2, 0.25) is 0 Å². The number of fused-ring (bicyclic) bond motifs is 1. The molecule has 5 rings (SSSR count). The van der Waals surface area contributed by atoms with Gasteiger partial charge in [-0.25, -0.2) is 4.79 Å². The molecule has 0 saturated carbocycles. The minimum atomic E-state index is -0.249. The molecule has 0 spiro atoms. The molecule has 1 amide bonds. The number of carbonyl (C=O) groups is 1. The summed E-state index contributed by atoms with van der Waals surface area (Å²) in [6, 6.07) is 18.4. The van der Waals surface area contributed by atoms with Crippen LogP contribution in [-0.4, -0.2) is 52.8 Å². The highest BCUT2D eigenvalue weighted by Crippen LogP contribution is 2.28. The number of cyclic esters (lactones) is 1. The van der Waals surface area contributed by atoms with Crippen molar-refractivity contribution in [1.29, 1.82) is 0 Å². The Hall–Kier alpha value is -2.64. The molecule has 3 aromatic rings. The third kappa shape index (κ3) is 3.56. The number of hydrogen-bond donors (Lipinski definition) is 1. The zero-order valence-electron chi connectivity index (χ0n) is 16.2. The standard InChI is InChI=1S/C22H24N4O2S/c27-22-25(16-6-2-1-3-7-16)15-18(28-22)14-24-12-10-17(11-13-24)26-20-9-5-4-8-19(20)23-21(26)29/h1-9,17-18H,10-15H2,(H,23,29). The summed E-state index contributed by atoms with van der Waals surface area (Å²) < 4.78 is 8.70. The Labute approximate surface area is 174 Å². The number of rotatable bonds is 4. The van der Waals surface area contributed by atoms with Gasteiger partial charge in [0.25, 0.3) is 0 Å². The molecule has 1 aromatic heterocycles. The third-order valence-corrected chi connectivity index (χ3v) is 6.25. The van der Waals surface area contributed by atoms with Crippen LogP contribution >= 0.6 is 12.2 Å². The molecule has 3 heterocycles. The quantitative estimate of drug-likeness (QED) is 0.652. The fourth-order valence-corrected chi connectivity index (χ4v) is 4.88. The normalized spacial score (nSPS) is 21.0. The highest BCUT2D eigenvalue weighted by Gasteiger charge is 2.34. The first-order chi connectivity index (χ1) is 14.2. The molecule has 2 aliphatic heterocycles. The number of aromatic amines is 1. The van der Waals surface area contributed by atoms with Crippen molar-refractivity contribution in [2.45, 2.75) is 25.0 Å². The number of para-hydroxylation sites is 3. The van der Waals surface area contributed by atoms with E-state index in [2.05, 4.69) is 32.7 Å². The predicted molar refractivity (Wildman–Crippen MR) is 116 cm³/mol. The van der Waals surface area contributed by atoms with E-state index in [0.717, 1.165) is 48.5 Å². The number of piperidine rings is 1. The molecule has 0 aliphatic carbocycles. The third-order valence-electron chi connectivity index (χ3n) is 5.95. The molecule has 7 heteroatoms. The Kier molecular flexibility index (Phi) is 4.85. The van der Waals surface area contributed by atoms with Crippen molar-refractivity contribution in [2.75, 3.05) is 31.1 Å². The first kappa shape index (κ1) is 18.4. The number of carbonyl (C=O) groups excluding carboxylic acids is 1. The number of likely N-dealkylation sites (tertiary alicyclic amines) is 1. The number of H-pyrrole nitrogens is 1. The fourth-order valence-electron chi connectivity index (χ4n) is 4.52. The van der Waals surface area contributed by atoms with Crippen LogP contribution in [0.1, 0.15) is 18.9 Å². The molecule has 1 atom stereocenters. The molecule has 150 valence electrons. The van der Waals surface area contributed by atoms with Crippen LogP contribution in [0, 0.1) is 4.77 Å². The second-order valence-electron chi connectivity index (χ2n) is 7.80. The van der Waals surface area contributed by atoms with Gasteiger partial charge in [-0.15, -0.1) is 0 Å². The topological polar surface area (TPSA) is 53.5 Å². The largest absolute Gasteiger partial charge is 0.443 e. The molecule has 2 fully saturated rings. The summed E-state index contributed by atoms with van der Waals surface area (Å²) in [6.45, 7) is 3.34. The molecule has 2 aromatic carbocycles. The van der Waals surface area contributed by atoms with E-state index in [0.29, 0.717) is 12.6 Å². The lowest BCUT2D eigenvalue weighted by Crippen LogP contribution is -2.40. The molecule has 1 unspecified atom stereocenters. The Morgan fingerprint density at radius 2 is 1.76 bits per heavy atom. The van der Waals surface area contributed by atoms with Crippen LogP contribution in [0.4, 0.5) is 10.5 Å². The van der Waals surface area contributed by atoms with E-state index in [1.165, 1.54) is 5.52 Å². The first-order valence-corrected chi connectivity index (χ1v) is 10.5. The minimum Gasteiger partial charge on any atom is -0.443 e. The van der Waals surface area contributed by atoms with Crippen molar-refractivity contribution in [3.05, 3.63) is 59.4 Å². The average molecular weight is 409 g/mol. The zero-order valence-corrected chi connectivity index (χ0v) is 17.0. The highest BCUT2D eigenvalue weighted by atomic mass is 32.1. The van der Waals surface area contributed by atoms with Crippen molar-refractivity contribution < 1.29 is 9.53 Å². The lowest BCUT2D eigenvalue weighted by molar-refractivity contribution is 0.0927. The van der Waals surface area contributed by atoms with Gasteiger partial charge in [-0.2, -0.15) is 0 Å². The van der Waals surface area contributed by atoms with Crippen molar-refractivity contribution in [1.82, 2.24) is 14.5 Å². The number of anilines is 1. The van der Waals surface area contributed by atoms with Crippen LogP contribution < -0.4 is 4.90 Å². The van der Waals surface area contributed by atoms with Crippen LogP contribution in [0.3, 0.4) is 0 Å². The van der Waals surface area contributed by atoms with E-state index in [-0.39, 0.29) is 12.2 Å². The maximum Gasteiger partial charge on any atom is 0.414 e. The molecule has 0 bridgehead atoms. The van der Waals surface area contributed by atoms with Gasteiger partial charge in [0, 0.05) is 31.4 Å². The number of ether oxygens (including phenoxy) is 1. The van der Waals surface area contributed by atoms with Gasteiger partial charge in [0.05, 0.1) is 17.6 Å². The van der Waals surface area contributed by atoms with E-state index in [1.54, 1.807) is 4.90 Å². The summed E-state index contributed by atoms with van der Waals surface area (Å²) in [5.41, 5.74) is 3.17. The van der Waals surface area contributed by atoms with Gasteiger partial charge in [-0.1, -0.05) is 30.3 Å². The number of amides is 1. The van der Waals surface area contributed by atoms with Crippen molar-refractivity contribution >= 4 is 35.0 Å². The van der Waals surface area contributed by atoms with Crippen molar-refractivity contribution in [2.24, 2.45) is 0 Å². The Morgan fingerprint density at radius 1 is 1.03 bits per heavy atom. The van der Waals surface area contributed by atoms with E-state index >= 15 is 0 Å². The summed E-state index contributed by atoms with van der Waals surface area (Å²) in [4.78, 5) is 19.7. The number of nitrogens with one attached hydrogen (secondary N) is 1. The van der Waals surface area contributed by atoms with Crippen LogP contribution in [-0.2, 0) is 4.74 Å². The Bertz CT molecular complexity index is 1070. The highest BCUT2D eigenvalue weighted by molar-refractivity contribution is 7.71. The summed E-state index contributed by atoms with van der Waals surface area (Å²) in [5, 5.41) is 0. The first-order valence-electron chi connectivity index (χ1n) is 10.1. The molecule has 1 N–H and O–H groups in total. The molecular weight excluding hydrogens is 384 g/mol. The van der Waals surface area contributed by atoms with Crippen molar-refractivity contribution in [3.8, 4) is 0 Å². The van der Waals surface area contributed by atoms with E-state index in [4.69, 9.17) is 17.0 Å². The summed E-state index contributed by atoms with van der Waals surface area (Å²) >= 11 is 5.58. The van der Waals surface area contributed by atoms with Gasteiger partial charge in [0.1, 0.15) is 6.10 Å². The number of hydrogen-bond acceptors (Lipinski definition) is 4. The Balaban J connectivity index is 1.21. The minimum absolute atomic E-state index is 0.0884. The monoisotopic (exact) mass is 408 g/mol. The molecular formula is C22H24N4O2S. The summed E-state index contributed by atoms with van der Waals surface area (Å²) in [6.07, 6.45) is 1.74. The summed E-state index contributed by atoms with van der Waals surface area (Å²) in [7, 11) is 0. The predicted octanol–water partition coefficient (Wildman–Crippen LogP) is 4.36.